The van der Waals surface area contributed by atoms with Gasteiger partial charge in [-0.15, -0.1) is 11.3 Å². The summed E-state index contributed by atoms with van der Waals surface area (Å²) in [4.78, 5) is 5.76. The number of aromatic amines is 1. The Bertz CT molecular complexity index is 421. The molecule has 16 heavy (non-hydrogen) atoms. The van der Waals surface area contributed by atoms with Crippen molar-refractivity contribution in [1.29, 1.82) is 0 Å². The second kappa shape index (κ2) is 5.23. The standard InChI is InChI=1S/C11H16N4S/c1-3-10-7-13-11(16-10)8(2)12-6-9-4-5-14-15-9/h4-5,7-8,12H,3,6H2,1-2H3,(H,14,15)/t8-/m0/s1. The molecule has 0 amide bonds. The van der Waals surface area contributed by atoms with Crippen LogP contribution in [-0.2, 0) is 13.0 Å². The van der Waals surface area contributed by atoms with E-state index < -0.39 is 0 Å². The fourth-order valence-corrected chi connectivity index (χ4v) is 2.30. The van der Waals surface area contributed by atoms with Crippen LogP contribution in [0.15, 0.2) is 18.5 Å². The SMILES string of the molecule is CCc1cnc([C@H](C)NCc2ccn[nH]2)s1. The summed E-state index contributed by atoms with van der Waals surface area (Å²) < 4.78 is 0. The van der Waals surface area contributed by atoms with Gasteiger partial charge in [-0.25, -0.2) is 4.98 Å². The van der Waals surface area contributed by atoms with Gasteiger partial charge in [0.05, 0.1) is 6.04 Å². The van der Waals surface area contributed by atoms with E-state index in [4.69, 9.17) is 0 Å². The van der Waals surface area contributed by atoms with Crippen molar-refractivity contribution in [3.8, 4) is 0 Å². The highest BCUT2D eigenvalue weighted by molar-refractivity contribution is 7.11. The second-order valence-electron chi connectivity index (χ2n) is 3.70. The first kappa shape index (κ1) is 11.3. The summed E-state index contributed by atoms with van der Waals surface area (Å²) in [5, 5.41) is 11.4. The van der Waals surface area contributed by atoms with Crippen LogP contribution in [0.25, 0.3) is 0 Å². The summed E-state index contributed by atoms with van der Waals surface area (Å²) in [6, 6.07) is 2.26. The average Bonchev–Trinajstić information content (AvgIpc) is 2.96. The third-order valence-electron chi connectivity index (χ3n) is 2.45. The molecule has 0 fully saturated rings. The van der Waals surface area contributed by atoms with Gasteiger partial charge in [0.25, 0.3) is 0 Å². The van der Waals surface area contributed by atoms with Crippen LogP contribution in [0.2, 0.25) is 0 Å². The van der Waals surface area contributed by atoms with E-state index in [0.717, 1.165) is 23.7 Å². The Kier molecular flexibility index (Phi) is 3.69. The van der Waals surface area contributed by atoms with E-state index in [1.54, 1.807) is 17.5 Å². The Morgan fingerprint density at radius 3 is 3.06 bits per heavy atom. The molecule has 2 aromatic heterocycles. The van der Waals surface area contributed by atoms with E-state index in [0.29, 0.717) is 0 Å². The molecule has 0 radical (unpaired) electrons. The number of nitrogens with one attached hydrogen (secondary N) is 2. The summed E-state index contributed by atoms with van der Waals surface area (Å²) in [5.74, 6) is 0. The van der Waals surface area contributed by atoms with E-state index in [2.05, 4.69) is 34.3 Å². The summed E-state index contributed by atoms with van der Waals surface area (Å²) >= 11 is 1.78. The number of aryl methyl sites for hydroxylation is 1. The number of hydrogen-bond donors (Lipinski definition) is 2. The van der Waals surface area contributed by atoms with Crippen molar-refractivity contribution in [2.24, 2.45) is 0 Å². The maximum Gasteiger partial charge on any atom is 0.109 e. The first-order chi connectivity index (χ1) is 7.79. The molecule has 4 nitrogen and oxygen atoms in total. The minimum atomic E-state index is 0.286. The van der Waals surface area contributed by atoms with Crippen molar-refractivity contribution in [3.63, 3.8) is 0 Å². The van der Waals surface area contributed by atoms with Crippen LogP contribution in [0.1, 0.15) is 35.5 Å². The quantitative estimate of drug-likeness (QED) is 0.837. The smallest absolute Gasteiger partial charge is 0.109 e. The maximum absolute atomic E-state index is 4.42. The molecule has 1 atom stereocenters. The van der Waals surface area contributed by atoms with Gasteiger partial charge in [0.2, 0.25) is 0 Å². The molecule has 0 saturated heterocycles. The minimum absolute atomic E-state index is 0.286. The molecule has 2 N–H and O–H groups in total. The number of H-pyrrole nitrogens is 1. The van der Waals surface area contributed by atoms with Crippen LogP contribution in [0.4, 0.5) is 0 Å². The second-order valence-corrected chi connectivity index (χ2v) is 4.85. The van der Waals surface area contributed by atoms with Crippen LogP contribution < -0.4 is 5.32 Å². The van der Waals surface area contributed by atoms with E-state index in [-0.39, 0.29) is 6.04 Å². The van der Waals surface area contributed by atoms with Gasteiger partial charge in [-0.2, -0.15) is 5.10 Å². The number of thiazole rings is 1. The lowest BCUT2D eigenvalue weighted by Gasteiger charge is -2.09. The molecule has 2 heterocycles. The molecule has 5 heteroatoms. The molecule has 86 valence electrons. The van der Waals surface area contributed by atoms with Crippen molar-refractivity contribution in [2.45, 2.75) is 32.9 Å². The van der Waals surface area contributed by atoms with Gasteiger partial charge in [-0.3, -0.25) is 5.10 Å². The van der Waals surface area contributed by atoms with Crippen molar-refractivity contribution < 1.29 is 0 Å². The average molecular weight is 236 g/mol. The van der Waals surface area contributed by atoms with Gasteiger partial charge in [-0.1, -0.05) is 6.92 Å². The van der Waals surface area contributed by atoms with Crippen LogP contribution in [-0.4, -0.2) is 15.2 Å². The van der Waals surface area contributed by atoms with Crippen LogP contribution in [0, 0.1) is 0 Å². The van der Waals surface area contributed by atoms with Gasteiger partial charge < -0.3 is 5.32 Å². The van der Waals surface area contributed by atoms with Gasteiger partial charge in [0.15, 0.2) is 0 Å². The molecule has 0 bridgehead atoms. The summed E-state index contributed by atoms with van der Waals surface area (Å²) in [6.45, 7) is 5.08. The summed E-state index contributed by atoms with van der Waals surface area (Å²) in [6.07, 6.45) is 4.79. The molecule has 0 unspecified atom stereocenters. The topological polar surface area (TPSA) is 53.6 Å². The lowest BCUT2D eigenvalue weighted by molar-refractivity contribution is 0.564. The van der Waals surface area contributed by atoms with Crippen LogP contribution in [0.5, 0.6) is 0 Å². The molecule has 0 saturated carbocycles. The molecule has 0 aliphatic rings. The van der Waals surface area contributed by atoms with Crippen molar-refractivity contribution in [3.05, 3.63) is 34.0 Å². The largest absolute Gasteiger partial charge is 0.302 e. The number of rotatable bonds is 5. The lowest BCUT2D eigenvalue weighted by atomic mass is 10.3. The number of nitrogens with zero attached hydrogens (tertiary/aromatic N) is 2. The van der Waals surface area contributed by atoms with Crippen molar-refractivity contribution >= 4 is 11.3 Å². The zero-order chi connectivity index (χ0) is 11.4. The molecule has 0 aliphatic heterocycles. The minimum Gasteiger partial charge on any atom is -0.302 e. The number of hydrogen-bond acceptors (Lipinski definition) is 4. The third kappa shape index (κ3) is 2.68. The molecular weight excluding hydrogens is 220 g/mol. The molecule has 0 aliphatic carbocycles. The monoisotopic (exact) mass is 236 g/mol. The fraction of sp³-hybridized carbons (Fsp3) is 0.455. The van der Waals surface area contributed by atoms with Crippen molar-refractivity contribution in [2.75, 3.05) is 0 Å². The van der Waals surface area contributed by atoms with E-state index in [9.17, 15) is 0 Å². The molecule has 2 aromatic rings. The van der Waals surface area contributed by atoms with Gasteiger partial charge >= 0.3 is 0 Å². The number of aromatic nitrogens is 3. The van der Waals surface area contributed by atoms with E-state index >= 15 is 0 Å². The zero-order valence-electron chi connectivity index (χ0n) is 9.53. The Labute approximate surface area is 99.1 Å². The molecule has 2 rings (SSSR count). The molecule has 0 spiro atoms. The Balaban J connectivity index is 1.90. The summed E-state index contributed by atoms with van der Waals surface area (Å²) in [7, 11) is 0. The van der Waals surface area contributed by atoms with Gasteiger partial charge in [0.1, 0.15) is 5.01 Å². The fourth-order valence-electron chi connectivity index (χ4n) is 1.42. The molecular formula is C11H16N4S. The molecule has 0 aromatic carbocycles. The first-order valence-electron chi connectivity index (χ1n) is 5.46. The van der Waals surface area contributed by atoms with Crippen LogP contribution in [0.3, 0.4) is 0 Å². The van der Waals surface area contributed by atoms with Gasteiger partial charge in [-0.05, 0) is 19.4 Å². The normalized spacial score (nSPS) is 12.9. The Morgan fingerprint density at radius 1 is 1.56 bits per heavy atom. The zero-order valence-corrected chi connectivity index (χ0v) is 10.3. The predicted octanol–water partition coefficient (Wildman–Crippen LogP) is 2.28. The van der Waals surface area contributed by atoms with E-state index in [1.807, 2.05) is 12.3 Å². The highest BCUT2D eigenvalue weighted by atomic mass is 32.1. The highest BCUT2D eigenvalue weighted by Gasteiger charge is 2.09. The third-order valence-corrected chi connectivity index (χ3v) is 3.77. The van der Waals surface area contributed by atoms with E-state index in [1.165, 1.54) is 4.88 Å². The highest BCUT2D eigenvalue weighted by Crippen LogP contribution is 2.20. The lowest BCUT2D eigenvalue weighted by Crippen LogP contribution is -2.18. The van der Waals surface area contributed by atoms with Crippen LogP contribution >= 0.6 is 11.3 Å². The first-order valence-corrected chi connectivity index (χ1v) is 6.27. The van der Waals surface area contributed by atoms with Crippen molar-refractivity contribution in [1.82, 2.24) is 20.5 Å². The summed E-state index contributed by atoms with van der Waals surface area (Å²) in [5.41, 5.74) is 1.10. The van der Waals surface area contributed by atoms with Gasteiger partial charge in [0, 0.05) is 29.5 Å². The Hall–Kier alpha value is -1.20. The Morgan fingerprint density at radius 2 is 2.44 bits per heavy atom. The predicted molar refractivity (Wildman–Crippen MR) is 65.3 cm³/mol. The maximum atomic E-state index is 4.42.